The van der Waals surface area contributed by atoms with Crippen molar-refractivity contribution in [3.05, 3.63) is 11.1 Å². The van der Waals surface area contributed by atoms with E-state index in [9.17, 15) is 8.42 Å². The minimum atomic E-state index is -2.87. The lowest BCUT2D eigenvalue weighted by Gasteiger charge is -2.09. The standard InChI is InChI=1S/C8H12Br2O2S/c1-5(9)7-3-13(11,12)4-8(7)6(2)10/h5-6H,3-4H2,1-2H3. The highest BCUT2D eigenvalue weighted by molar-refractivity contribution is 9.10. The van der Waals surface area contributed by atoms with Gasteiger partial charge in [0.15, 0.2) is 9.84 Å². The molecule has 0 fully saturated rings. The molecule has 0 saturated carbocycles. The Kier molecular flexibility index (Phi) is 3.63. The first kappa shape index (κ1) is 11.7. The Bertz CT molecular complexity index is 302. The molecule has 0 saturated heterocycles. The second-order valence-corrected chi connectivity index (χ2v) is 8.13. The highest BCUT2D eigenvalue weighted by Gasteiger charge is 2.31. The smallest absolute Gasteiger partial charge is 0.158 e. The Balaban J connectivity index is 3.04. The molecule has 0 aromatic rings. The number of rotatable bonds is 2. The van der Waals surface area contributed by atoms with Crippen molar-refractivity contribution in [2.45, 2.75) is 23.5 Å². The normalized spacial score (nSPS) is 26.2. The summed E-state index contributed by atoms with van der Waals surface area (Å²) in [5.74, 6) is 0.426. The van der Waals surface area contributed by atoms with Gasteiger partial charge in [-0.25, -0.2) is 8.42 Å². The SMILES string of the molecule is CC(Br)C1=C(C(C)Br)CS(=O)(=O)C1. The van der Waals surface area contributed by atoms with Crippen LogP contribution in [-0.4, -0.2) is 29.6 Å². The molecule has 13 heavy (non-hydrogen) atoms. The van der Waals surface area contributed by atoms with Crippen molar-refractivity contribution in [2.75, 3.05) is 11.5 Å². The van der Waals surface area contributed by atoms with E-state index in [2.05, 4.69) is 31.9 Å². The maximum absolute atomic E-state index is 11.4. The molecule has 0 aliphatic carbocycles. The van der Waals surface area contributed by atoms with Crippen LogP contribution in [0.3, 0.4) is 0 Å². The first-order chi connectivity index (χ1) is 5.83. The minimum Gasteiger partial charge on any atom is -0.228 e. The maximum atomic E-state index is 11.4. The molecule has 0 N–H and O–H groups in total. The third-order valence-corrected chi connectivity index (χ3v) is 4.73. The molecule has 76 valence electrons. The zero-order chi connectivity index (χ0) is 10.2. The van der Waals surface area contributed by atoms with Gasteiger partial charge >= 0.3 is 0 Å². The van der Waals surface area contributed by atoms with E-state index in [0.717, 1.165) is 11.1 Å². The minimum absolute atomic E-state index is 0.153. The molecule has 0 aromatic carbocycles. The van der Waals surface area contributed by atoms with E-state index in [-0.39, 0.29) is 21.2 Å². The summed E-state index contributed by atoms with van der Waals surface area (Å²) in [4.78, 5) is 0.305. The average Bonchev–Trinajstić information content (AvgIpc) is 2.26. The Hall–Kier alpha value is 0.650. The Labute approximate surface area is 96.0 Å². The van der Waals surface area contributed by atoms with E-state index in [1.165, 1.54) is 0 Å². The second kappa shape index (κ2) is 4.03. The number of halogens is 2. The quantitative estimate of drug-likeness (QED) is 0.574. The van der Waals surface area contributed by atoms with Gasteiger partial charge < -0.3 is 0 Å². The molecule has 0 aromatic heterocycles. The fourth-order valence-electron chi connectivity index (χ4n) is 1.45. The molecule has 1 aliphatic rings. The van der Waals surface area contributed by atoms with Crippen LogP contribution in [0.1, 0.15) is 13.8 Å². The lowest BCUT2D eigenvalue weighted by molar-refractivity contribution is 0.602. The van der Waals surface area contributed by atoms with Crippen LogP contribution < -0.4 is 0 Å². The van der Waals surface area contributed by atoms with Gasteiger partial charge in [0.2, 0.25) is 0 Å². The van der Waals surface area contributed by atoms with Crippen LogP contribution in [0.4, 0.5) is 0 Å². The fourth-order valence-corrected chi connectivity index (χ4v) is 4.71. The molecule has 1 aliphatic heterocycles. The van der Waals surface area contributed by atoms with E-state index < -0.39 is 9.84 Å². The summed E-state index contributed by atoms with van der Waals surface area (Å²) in [5, 5.41) is 0. The molecular formula is C8H12Br2O2S. The lowest BCUT2D eigenvalue weighted by Crippen LogP contribution is -2.06. The van der Waals surface area contributed by atoms with Gasteiger partial charge in [0, 0.05) is 9.65 Å². The van der Waals surface area contributed by atoms with Crippen molar-refractivity contribution in [3.8, 4) is 0 Å². The van der Waals surface area contributed by atoms with Crippen molar-refractivity contribution >= 4 is 41.7 Å². The zero-order valence-electron chi connectivity index (χ0n) is 7.55. The number of alkyl halides is 2. The molecule has 2 unspecified atom stereocenters. The number of sulfone groups is 1. The van der Waals surface area contributed by atoms with Gasteiger partial charge in [-0.2, -0.15) is 0 Å². The molecule has 5 heteroatoms. The van der Waals surface area contributed by atoms with Crippen LogP contribution in [-0.2, 0) is 9.84 Å². The van der Waals surface area contributed by atoms with Gasteiger partial charge in [-0.1, -0.05) is 31.9 Å². The fraction of sp³-hybridized carbons (Fsp3) is 0.750. The van der Waals surface area contributed by atoms with Gasteiger partial charge in [-0.15, -0.1) is 0 Å². The van der Waals surface area contributed by atoms with E-state index in [1.54, 1.807) is 0 Å². The molecule has 0 bridgehead atoms. The summed E-state index contributed by atoms with van der Waals surface area (Å²) in [5.41, 5.74) is 2.04. The van der Waals surface area contributed by atoms with Crippen LogP contribution in [0.15, 0.2) is 11.1 Å². The lowest BCUT2D eigenvalue weighted by atomic mass is 10.1. The largest absolute Gasteiger partial charge is 0.228 e. The monoisotopic (exact) mass is 330 g/mol. The molecule has 0 amide bonds. The van der Waals surface area contributed by atoms with Crippen LogP contribution in [0.25, 0.3) is 0 Å². The van der Waals surface area contributed by atoms with Crippen LogP contribution in [0, 0.1) is 0 Å². The highest BCUT2D eigenvalue weighted by Crippen LogP contribution is 2.30. The average molecular weight is 332 g/mol. The van der Waals surface area contributed by atoms with Crippen LogP contribution in [0.5, 0.6) is 0 Å². The predicted octanol–water partition coefficient (Wildman–Crippen LogP) is 2.28. The third-order valence-electron chi connectivity index (χ3n) is 2.12. The van der Waals surface area contributed by atoms with Crippen LogP contribution >= 0.6 is 31.9 Å². The summed E-state index contributed by atoms with van der Waals surface area (Å²) in [7, 11) is -2.87. The topological polar surface area (TPSA) is 34.1 Å². The van der Waals surface area contributed by atoms with E-state index in [1.807, 2.05) is 13.8 Å². The molecular weight excluding hydrogens is 320 g/mol. The molecule has 0 radical (unpaired) electrons. The van der Waals surface area contributed by atoms with Gasteiger partial charge in [0.25, 0.3) is 0 Å². The summed E-state index contributed by atoms with van der Waals surface area (Å²) >= 11 is 6.84. The van der Waals surface area contributed by atoms with Crippen molar-refractivity contribution in [1.29, 1.82) is 0 Å². The molecule has 1 heterocycles. The number of hydrogen-bond acceptors (Lipinski definition) is 2. The van der Waals surface area contributed by atoms with E-state index in [0.29, 0.717) is 0 Å². The van der Waals surface area contributed by atoms with Gasteiger partial charge in [-0.3, -0.25) is 0 Å². The summed E-state index contributed by atoms with van der Waals surface area (Å²) in [6, 6.07) is 0. The van der Waals surface area contributed by atoms with Crippen molar-refractivity contribution in [3.63, 3.8) is 0 Å². The summed E-state index contributed by atoms with van der Waals surface area (Å²) in [6.07, 6.45) is 0. The van der Waals surface area contributed by atoms with Gasteiger partial charge in [0.05, 0.1) is 11.5 Å². The maximum Gasteiger partial charge on any atom is 0.158 e. The molecule has 1 rings (SSSR count). The molecule has 2 atom stereocenters. The van der Waals surface area contributed by atoms with Crippen molar-refractivity contribution in [1.82, 2.24) is 0 Å². The Morgan fingerprint density at radius 2 is 1.38 bits per heavy atom. The summed E-state index contributed by atoms with van der Waals surface area (Å²) < 4.78 is 22.8. The van der Waals surface area contributed by atoms with Crippen LogP contribution in [0.2, 0.25) is 0 Å². The van der Waals surface area contributed by atoms with E-state index in [4.69, 9.17) is 0 Å². The van der Waals surface area contributed by atoms with E-state index >= 15 is 0 Å². The summed E-state index contributed by atoms with van der Waals surface area (Å²) in [6.45, 7) is 3.93. The van der Waals surface area contributed by atoms with Gasteiger partial charge in [-0.05, 0) is 25.0 Å². The van der Waals surface area contributed by atoms with Crippen molar-refractivity contribution in [2.24, 2.45) is 0 Å². The first-order valence-electron chi connectivity index (χ1n) is 4.04. The Morgan fingerprint density at radius 1 is 1.08 bits per heavy atom. The highest BCUT2D eigenvalue weighted by atomic mass is 79.9. The Morgan fingerprint density at radius 3 is 1.62 bits per heavy atom. The zero-order valence-corrected chi connectivity index (χ0v) is 11.5. The first-order valence-corrected chi connectivity index (χ1v) is 7.69. The van der Waals surface area contributed by atoms with Crippen molar-refractivity contribution < 1.29 is 8.42 Å². The predicted molar refractivity (Wildman–Crippen MR) is 62.5 cm³/mol. The van der Waals surface area contributed by atoms with Gasteiger partial charge in [0.1, 0.15) is 0 Å². The second-order valence-electron chi connectivity index (χ2n) is 3.31. The molecule has 0 spiro atoms. The third kappa shape index (κ3) is 2.80. The number of hydrogen-bond donors (Lipinski definition) is 0. The molecule has 2 nitrogen and oxygen atoms in total.